The highest BCUT2D eigenvalue weighted by Gasteiger charge is 2.33. The Balaban J connectivity index is 1.28. The number of hydrogen-bond acceptors (Lipinski definition) is 6. The summed E-state index contributed by atoms with van der Waals surface area (Å²) in [5, 5.41) is 6.98. The Labute approximate surface area is 205 Å². The van der Waals surface area contributed by atoms with E-state index in [2.05, 4.69) is 20.3 Å². The van der Waals surface area contributed by atoms with E-state index in [1.807, 2.05) is 30.3 Å². The first kappa shape index (κ1) is 24.0. The van der Waals surface area contributed by atoms with Gasteiger partial charge in [-0.2, -0.15) is 18.2 Å². The highest BCUT2D eigenvalue weighted by molar-refractivity contribution is 5.83. The second-order valence-corrected chi connectivity index (χ2v) is 8.63. The molecule has 3 heterocycles. The first-order chi connectivity index (χ1) is 17.3. The maximum atomic E-state index is 13.3. The quantitative estimate of drug-likeness (QED) is 0.404. The first-order valence-corrected chi connectivity index (χ1v) is 11.6. The minimum Gasteiger partial charge on any atom is -0.379 e. The zero-order chi connectivity index (χ0) is 25.1. The van der Waals surface area contributed by atoms with Crippen LogP contribution >= 0.6 is 0 Å². The zero-order valence-corrected chi connectivity index (χ0v) is 19.3. The summed E-state index contributed by atoms with van der Waals surface area (Å²) in [5.74, 6) is 0.235. The van der Waals surface area contributed by atoms with Crippen molar-refractivity contribution in [2.75, 3.05) is 38.2 Å². The van der Waals surface area contributed by atoms with Crippen molar-refractivity contribution >= 4 is 23.1 Å². The van der Waals surface area contributed by atoms with Gasteiger partial charge in [0.15, 0.2) is 11.4 Å². The Morgan fingerprint density at radius 3 is 2.44 bits per heavy atom. The molecular weight excluding hydrogens is 471 g/mol. The van der Waals surface area contributed by atoms with Crippen molar-refractivity contribution in [3.8, 4) is 11.1 Å². The fourth-order valence-corrected chi connectivity index (χ4v) is 4.17. The molecule has 0 amide bonds. The topological polar surface area (TPSA) is 71.8 Å². The number of para-hydroxylation sites is 1. The number of halogens is 3. The van der Waals surface area contributed by atoms with Crippen LogP contribution in [0, 0.1) is 0 Å². The highest BCUT2D eigenvalue weighted by atomic mass is 19.4. The second kappa shape index (κ2) is 10.1. The van der Waals surface area contributed by atoms with Gasteiger partial charge in [0.25, 0.3) is 0 Å². The third-order valence-electron chi connectivity index (χ3n) is 6.00. The number of alkyl halides is 3. The molecule has 1 N–H and O–H groups in total. The fourth-order valence-electron chi connectivity index (χ4n) is 4.17. The summed E-state index contributed by atoms with van der Waals surface area (Å²) in [4.78, 5) is 18.8. The lowest BCUT2D eigenvalue weighted by Crippen LogP contribution is -2.39. The molecule has 7 nitrogen and oxygen atoms in total. The predicted octanol–water partition coefficient (Wildman–Crippen LogP) is 4.60. The van der Waals surface area contributed by atoms with Gasteiger partial charge in [-0.3, -0.25) is 9.69 Å². The molecule has 1 fully saturated rings. The average molecular weight is 496 g/mol. The van der Waals surface area contributed by atoms with Crippen LogP contribution in [0.2, 0.25) is 0 Å². The van der Waals surface area contributed by atoms with Crippen molar-refractivity contribution in [2.24, 2.45) is 0 Å². The van der Waals surface area contributed by atoms with Crippen molar-refractivity contribution in [1.29, 1.82) is 0 Å². The Morgan fingerprint density at radius 1 is 0.972 bits per heavy atom. The lowest BCUT2D eigenvalue weighted by Gasteiger charge is -2.25. The summed E-state index contributed by atoms with van der Waals surface area (Å²) in [7, 11) is 0. The molecule has 0 saturated carbocycles. The molecule has 1 saturated heterocycles. The van der Waals surface area contributed by atoms with E-state index in [0.717, 1.165) is 35.8 Å². The minimum atomic E-state index is -4.49. The number of Topliss-reactive ketones (excluding diaryl/α,β-unsaturated/α-hetero) is 1. The number of nitrogens with one attached hydrogen (secondary N) is 1. The first-order valence-electron chi connectivity index (χ1n) is 11.6. The number of anilines is 2. The molecule has 10 heteroatoms. The molecule has 36 heavy (non-hydrogen) atoms. The van der Waals surface area contributed by atoms with E-state index in [9.17, 15) is 18.0 Å². The molecule has 1 aliphatic heterocycles. The van der Waals surface area contributed by atoms with Crippen LogP contribution in [0.4, 0.5) is 24.8 Å². The molecule has 0 aliphatic carbocycles. The van der Waals surface area contributed by atoms with E-state index < -0.39 is 11.7 Å². The third kappa shape index (κ3) is 5.55. The van der Waals surface area contributed by atoms with Crippen LogP contribution < -0.4 is 5.32 Å². The summed E-state index contributed by atoms with van der Waals surface area (Å²) in [6, 6.07) is 16.6. The van der Waals surface area contributed by atoms with Crippen LogP contribution in [0.5, 0.6) is 0 Å². The second-order valence-electron chi connectivity index (χ2n) is 8.63. The molecule has 0 bridgehead atoms. The van der Waals surface area contributed by atoms with Gasteiger partial charge in [0.2, 0.25) is 5.95 Å². The van der Waals surface area contributed by atoms with Crippen LogP contribution in [0.1, 0.15) is 11.1 Å². The molecule has 0 spiro atoms. The third-order valence-corrected chi connectivity index (χ3v) is 6.00. The largest absolute Gasteiger partial charge is 0.418 e. The molecule has 0 unspecified atom stereocenters. The molecule has 0 atom stereocenters. The van der Waals surface area contributed by atoms with Crippen LogP contribution in [0.15, 0.2) is 66.9 Å². The number of aromatic nitrogens is 3. The van der Waals surface area contributed by atoms with Crippen LogP contribution in [-0.4, -0.2) is 58.1 Å². The Hall–Kier alpha value is -3.76. The number of morpholine rings is 1. The number of rotatable bonds is 7. The van der Waals surface area contributed by atoms with E-state index in [-0.39, 0.29) is 17.4 Å². The number of carbonyl (C=O) groups excluding carboxylic acids is 1. The van der Waals surface area contributed by atoms with Gasteiger partial charge in [0.1, 0.15) is 0 Å². The highest BCUT2D eigenvalue weighted by Crippen LogP contribution is 2.35. The number of ketones is 1. The normalized spacial score (nSPS) is 14.8. The predicted molar refractivity (Wildman–Crippen MR) is 129 cm³/mol. The fraction of sp³-hybridized carbons (Fsp3) is 0.269. The number of hydrogen-bond donors (Lipinski definition) is 1. The van der Waals surface area contributed by atoms with E-state index >= 15 is 0 Å². The number of carbonyl (C=O) groups is 1. The number of benzene rings is 2. The Kier molecular flexibility index (Phi) is 6.71. The van der Waals surface area contributed by atoms with Gasteiger partial charge >= 0.3 is 6.18 Å². The smallest absolute Gasteiger partial charge is 0.379 e. The number of ether oxygens (including phenoxy) is 1. The lowest BCUT2D eigenvalue weighted by molar-refractivity contribution is -0.137. The number of fused-ring (bicyclic) bond motifs is 1. The van der Waals surface area contributed by atoms with Crippen molar-refractivity contribution < 1.29 is 22.7 Å². The lowest BCUT2D eigenvalue weighted by atomic mass is 10.0. The molecule has 2 aromatic heterocycles. The monoisotopic (exact) mass is 495 g/mol. The molecule has 186 valence electrons. The number of nitrogens with zero attached hydrogens (tertiary/aromatic N) is 4. The summed E-state index contributed by atoms with van der Waals surface area (Å²) < 4.78 is 46.7. The van der Waals surface area contributed by atoms with Crippen LogP contribution in [-0.2, 0) is 22.1 Å². The maximum Gasteiger partial charge on any atom is 0.418 e. The van der Waals surface area contributed by atoms with E-state index in [1.54, 1.807) is 12.3 Å². The zero-order valence-electron chi connectivity index (χ0n) is 19.3. The number of pyridine rings is 1. The maximum absolute atomic E-state index is 13.3. The van der Waals surface area contributed by atoms with Gasteiger partial charge < -0.3 is 10.1 Å². The molecule has 5 rings (SSSR count). The van der Waals surface area contributed by atoms with E-state index in [1.165, 1.54) is 22.7 Å². The Bertz CT molecular complexity index is 1360. The van der Waals surface area contributed by atoms with E-state index in [0.29, 0.717) is 31.8 Å². The average Bonchev–Trinajstić information content (AvgIpc) is 3.26. The van der Waals surface area contributed by atoms with Crippen molar-refractivity contribution in [3.05, 3.63) is 78.0 Å². The van der Waals surface area contributed by atoms with Gasteiger partial charge in [0.05, 0.1) is 31.0 Å². The van der Waals surface area contributed by atoms with Crippen molar-refractivity contribution in [3.63, 3.8) is 0 Å². The standard InChI is InChI=1S/C26H24F3N5O2/c27-26(28,29)22-3-1-2-4-23(22)30-25-31-24-10-9-20(16-34(24)32-25)19-7-5-18(6-8-19)15-21(35)17-33-11-13-36-14-12-33/h1-10,16H,11-15,17H2,(H,30,32). The van der Waals surface area contributed by atoms with Gasteiger partial charge in [-0.1, -0.05) is 36.4 Å². The minimum absolute atomic E-state index is 0.0676. The summed E-state index contributed by atoms with van der Waals surface area (Å²) in [5.41, 5.74) is 2.33. The van der Waals surface area contributed by atoms with Gasteiger partial charge in [-0.15, -0.1) is 5.10 Å². The van der Waals surface area contributed by atoms with Crippen molar-refractivity contribution in [1.82, 2.24) is 19.5 Å². The molecule has 1 aliphatic rings. The molecule has 2 aromatic carbocycles. The summed E-state index contributed by atoms with van der Waals surface area (Å²) in [6.07, 6.45) is -2.36. The molecule has 4 aromatic rings. The van der Waals surface area contributed by atoms with Gasteiger partial charge in [-0.05, 0) is 35.4 Å². The van der Waals surface area contributed by atoms with Crippen LogP contribution in [0.3, 0.4) is 0 Å². The molecule has 0 radical (unpaired) electrons. The SMILES string of the molecule is O=C(Cc1ccc(-c2ccc3nc(Nc4ccccc4C(F)(F)F)nn3c2)cc1)CN1CCOCC1. The molecular formula is C26H24F3N5O2. The van der Waals surface area contributed by atoms with Crippen LogP contribution in [0.25, 0.3) is 16.8 Å². The van der Waals surface area contributed by atoms with Gasteiger partial charge in [0, 0.05) is 31.3 Å². The Morgan fingerprint density at radius 2 is 1.69 bits per heavy atom. The summed E-state index contributed by atoms with van der Waals surface area (Å²) >= 11 is 0. The van der Waals surface area contributed by atoms with E-state index in [4.69, 9.17) is 4.74 Å². The summed E-state index contributed by atoms with van der Waals surface area (Å²) in [6.45, 7) is 3.31. The van der Waals surface area contributed by atoms with Gasteiger partial charge in [-0.25, -0.2) is 4.52 Å². The van der Waals surface area contributed by atoms with Crippen molar-refractivity contribution in [2.45, 2.75) is 12.6 Å².